The average molecular weight is 339 g/mol. The number of anilines is 1. The zero-order valence-corrected chi connectivity index (χ0v) is 14.8. The lowest BCUT2D eigenvalue weighted by Crippen LogP contribution is -2.51. The molecule has 5 nitrogen and oxygen atoms in total. The number of nitrogens with zero attached hydrogens (tertiary/aromatic N) is 2. The number of hydrogen-bond donors (Lipinski definition) is 1. The maximum atomic E-state index is 12.7. The summed E-state index contributed by atoms with van der Waals surface area (Å²) in [6, 6.07) is 10.2. The fourth-order valence-electron chi connectivity index (χ4n) is 3.80. The molecule has 0 bridgehead atoms. The summed E-state index contributed by atoms with van der Waals surface area (Å²) in [5, 5.41) is 12.5. The Labute approximate surface area is 149 Å². The van der Waals surface area contributed by atoms with Gasteiger partial charge in [-0.3, -0.25) is 9.59 Å². The Morgan fingerprint density at radius 1 is 1.28 bits per heavy atom. The molecule has 132 valence electrons. The lowest BCUT2D eigenvalue weighted by molar-refractivity contribution is -0.127. The minimum absolute atomic E-state index is 0.0287. The van der Waals surface area contributed by atoms with Crippen LogP contribution in [0.15, 0.2) is 24.3 Å². The molecule has 1 saturated carbocycles. The average Bonchev–Trinajstić information content (AvgIpc) is 3.04. The molecule has 1 atom stereocenters. The SMILES string of the molecule is CCc1ccc(N2CC(C(=O)NC3(C#N)CCCCC3)CC2=O)cc1. The van der Waals surface area contributed by atoms with Gasteiger partial charge in [-0.25, -0.2) is 0 Å². The van der Waals surface area contributed by atoms with Crippen LogP contribution >= 0.6 is 0 Å². The summed E-state index contributed by atoms with van der Waals surface area (Å²) >= 11 is 0. The van der Waals surface area contributed by atoms with E-state index in [2.05, 4.69) is 18.3 Å². The van der Waals surface area contributed by atoms with Gasteiger partial charge >= 0.3 is 0 Å². The van der Waals surface area contributed by atoms with E-state index in [4.69, 9.17) is 0 Å². The van der Waals surface area contributed by atoms with E-state index in [0.717, 1.165) is 31.4 Å². The van der Waals surface area contributed by atoms with Gasteiger partial charge in [-0.2, -0.15) is 5.26 Å². The highest BCUT2D eigenvalue weighted by molar-refractivity contribution is 6.00. The standard InChI is InChI=1S/C20H25N3O2/c1-2-15-6-8-17(9-7-15)23-13-16(12-18(23)24)19(25)22-20(14-21)10-4-3-5-11-20/h6-9,16H,2-5,10-13H2,1H3,(H,22,25). The van der Waals surface area contributed by atoms with Crippen LogP contribution in [0, 0.1) is 17.2 Å². The van der Waals surface area contributed by atoms with Crippen molar-refractivity contribution in [2.45, 2.75) is 57.4 Å². The van der Waals surface area contributed by atoms with Crippen molar-refractivity contribution in [1.29, 1.82) is 5.26 Å². The number of rotatable bonds is 4. The summed E-state index contributed by atoms with van der Waals surface area (Å²) in [6.45, 7) is 2.48. The number of carbonyl (C=O) groups excluding carboxylic acids is 2. The van der Waals surface area contributed by atoms with E-state index in [1.54, 1.807) is 4.90 Å². The molecule has 2 aliphatic rings. The number of nitrogens with one attached hydrogen (secondary N) is 1. The van der Waals surface area contributed by atoms with Crippen LogP contribution in [0.4, 0.5) is 5.69 Å². The number of hydrogen-bond acceptors (Lipinski definition) is 3. The van der Waals surface area contributed by atoms with E-state index >= 15 is 0 Å². The van der Waals surface area contributed by atoms with Crippen molar-refractivity contribution in [1.82, 2.24) is 5.32 Å². The van der Waals surface area contributed by atoms with Gasteiger partial charge in [0, 0.05) is 18.7 Å². The van der Waals surface area contributed by atoms with Crippen molar-refractivity contribution in [2.75, 3.05) is 11.4 Å². The molecule has 0 radical (unpaired) electrons. The van der Waals surface area contributed by atoms with Crippen LogP contribution in [-0.2, 0) is 16.0 Å². The summed E-state index contributed by atoms with van der Waals surface area (Å²) in [5.74, 6) is -0.575. The molecule has 1 aliphatic carbocycles. The minimum atomic E-state index is -0.741. The lowest BCUT2D eigenvalue weighted by atomic mass is 9.82. The number of aryl methyl sites for hydroxylation is 1. The number of nitriles is 1. The maximum Gasteiger partial charge on any atom is 0.227 e. The first-order valence-electron chi connectivity index (χ1n) is 9.19. The largest absolute Gasteiger partial charge is 0.338 e. The van der Waals surface area contributed by atoms with Crippen molar-refractivity contribution >= 4 is 17.5 Å². The molecule has 1 heterocycles. The zero-order valence-electron chi connectivity index (χ0n) is 14.8. The second kappa shape index (κ2) is 7.26. The molecule has 1 N–H and O–H groups in total. The summed E-state index contributed by atoms with van der Waals surface area (Å²) in [4.78, 5) is 26.7. The number of amides is 2. The molecule has 0 aromatic heterocycles. The first-order valence-corrected chi connectivity index (χ1v) is 9.19. The van der Waals surface area contributed by atoms with Gasteiger partial charge in [-0.1, -0.05) is 38.3 Å². The lowest BCUT2D eigenvalue weighted by Gasteiger charge is -2.32. The van der Waals surface area contributed by atoms with Gasteiger partial charge < -0.3 is 10.2 Å². The normalized spacial score (nSPS) is 22.5. The highest BCUT2D eigenvalue weighted by Gasteiger charge is 2.40. The fourth-order valence-corrected chi connectivity index (χ4v) is 3.80. The van der Waals surface area contributed by atoms with Crippen molar-refractivity contribution in [3.63, 3.8) is 0 Å². The molecule has 0 spiro atoms. The molecule has 1 aliphatic heterocycles. The molecule has 2 fully saturated rings. The van der Waals surface area contributed by atoms with E-state index in [1.165, 1.54) is 5.56 Å². The van der Waals surface area contributed by atoms with Crippen molar-refractivity contribution in [3.8, 4) is 6.07 Å². The third-order valence-corrected chi connectivity index (χ3v) is 5.44. The third-order valence-electron chi connectivity index (χ3n) is 5.44. The highest BCUT2D eigenvalue weighted by atomic mass is 16.2. The summed E-state index contributed by atoms with van der Waals surface area (Å²) in [7, 11) is 0. The Morgan fingerprint density at radius 2 is 1.96 bits per heavy atom. The molecular formula is C20H25N3O2. The Morgan fingerprint density at radius 3 is 2.56 bits per heavy atom. The third kappa shape index (κ3) is 3.68. The number of benzene rings is 1. The second-order valence-electron chi connectivity index (χ2n) is 7.17. The zero-order chi connectivity index (χ0) is 17.9. The van der Waals surface area contributed by atoms with Crippen molar-refractivity contribution < 1.29 is 9.59 Å². The first kappa shape index (κ1) is 17.5. The van der Waals surface area contributed by atoms with Crippen LogP contribution in [0.2, 0.25) is 0 Å². The van der Waals surface area contributed by atoms with Crippen LogP contribution in [0.5, 0.6) is 0 Å². The Bertz CT molecular complexity index is 684. The first-order chi connectivity index (χ1) is 12.1. The minimum Gasteiger partial charge on any atom is -0.338 e. The van der Waals surface area contributed by atoms with Crippen LogP contribution in [0.1, 0.15) is 51.0 Å². The van der Waals surface area contributed by atoms with Crippen LogP contribution < -0.4 is 10.2 Å². The molecule has 1 aromatic carbocycles. The summed E-state index contributed by atoms with van der Waals surface area (Å²) in [6.07, 6.45) is 5.62. The number of carbonyl (C=O) groups is 2. The molecular weight excluding hydrogens is 314 g/mol. The molecule has 25 heavy (non-hydrogen) atoms. The van der Waals surface area contributed by atoms with Crippen molar-refractivity contribution in [2.24, 2.45) is 5.92 Å². The van der Waals surface area contributed by atoms with Gasteiger partial charge in [-0.05, 0) is 37.0 Å². The Balaban J connectivity index is 1.67. The fraction of sp³-hybridized carbons (Fsp3) is 0.550. The summed E-state index contributed by atoms with van der Waals surface area (Å²) in [5.41, 5.74) is 1.32. The van der Waals surface area contributed by atoms with E-state index in [1.807, 2.05) is 24.3 Å². The van der Waals surface area contributed by atoms with Gasteiger partial charge in [0.2, 0.25) is 11.8 Å². The van der Waals surface area contributed by atoms with E-state index in [-0.39, 0.29) is 24.2 Å². The van der Waals surface area contributed by atoms with Gasteiger partial charge in [-0.15, -0.1) is 0 Å². The molecule has 1 aromatic rings. The smallest absolute Gasteiger partial charge is 0.227 e. The van der Waals surface area contributed by atoms with Gasteiger partial charge in [0.25, 0.3) is 0 Å². The molecule has 1 saturated heterocycles. The van der Waals surface area contributed by atoms with Gasteiger partial charge in [0.05, 0.1) is 12.0 Å². The molecule has 5 heteroatoms. The second-order valence-corrected chi connectivity index (χ2v) is 7.17. The topological polar surface area (TPSA) is 73.2 Å². The summed E-state index contributed by atoms with van der Waals surface area (Å²) < 4.78 is 0. The molecule has 2 amide bonds. The monoisotopic (exact) mass is 339 g/mol. The predicted molar refractivity (Wildman–Crippen MR) is 95.9 cm³/mol. The molecule has 3 rings (SSSR count). The van der Waals surface area contributed by atoms with Crippen molar-refractivity contribution in [3.05, 3.63) is 29.8 Å². The predicted octanol–water partition coefficient (Wildman–Crippen LogP) is 2.94. The van der Waals surface area contributed by atoms with Crippen LogP contribution in [0.3, 0.4) is 0 Å². The van der Waals surface area contributed by atoms with Gasteiger partial charge in [0.15, 0.2) is 0 Å². The van der Waals surface area contributed by atoms with E-state index < -0.39 is 5.54 Å². The van der Waals surface area contributed by atoms with Crippen LogP contribution in [-0.4, -0.2) is 23.9 Å². The molecule has 1 unspecified atom stereocenters. The van der Waals surface area contributed by atoms with Gasteiger partial charge in [0.1, 0.15) is 5.54 Å². The highest BCUT2D eigenvalue weighted by Crippen LogP contribution is 2.30. The Kier molecular flexibility index (Phi) is 5.08. The Hall–Kier alpha value is -2.35. The quantitative estimate of drug-likeness (QED) is 0.916. The maximum absolute atomic E-state index is 12.7. The van der Waals surface area contributed by atoms with Crippen LogP contribution in [0.25, 0.3) is 0 Å². The van der Waals surface area contributed by atoms with E-state index in [9.17, 15) is 14.9 Å². The van der Waals surface area contributed by atoms with E-state index in [0.29, 0.717) is 19.4 Å².